The summed E-state index contributed by atoms with van der Waals surface area (Å²) < 4.78 is 0. The van der Waals surface area contributed by atoms with E-state index in [1.807, 2.05) is 4.90 Å². The number of nitrogens with one attached hydrogen (secondary N) is 1. The summed E-state index contributed by atoms with van der Waals surface area (Å²) in [6.45, 7) is 14.2. The highest BCUT2D eigenvalue weighted by Crippen LogP contribution is 2.32. The number of likely N-dealkylation sites (tertiary alicyclic amines) is 2. The molecule has 0 aromatic rings. The van der Waals surface area contributed by atoms with E-state index in [-0.39, 0.29) is 11.8 Å². The average molecular weight is 409 g/mol. The van der Waals surface area contributed by atoms with Crippen LogP contribution in [0.15, 0.2) is 0 Å². The third kappa shape index (κ3) is 7.89. The normalized spacial score (nSPS) is 20.5. The highest BCUT2D eigenvalue weighted by atomic mass is 16.2. The molecule has 0 aromatic heterocycles. The van der Waals surface area contributed by atoms with E-state index in [9.17, 15) is 9.59 Å². The fourth-order valence-corrected chi connectivity index (χ4v) is 4.70. The molecule has 0 radical (unpaired) electrons. The van der Waals surface area contributed by atoms with Crippen molar-refractivity contribution in [2.75, 3.05) is 52.9 Å². The SMILES string of the molecule is CCC(C)CN(C)CC(=O)N1CCC(C2CCN(C(=O)CNC(C)C)CC2)CC1. The van der Waals surface area contributed by atoms with Gasteiger partial charge in [0.1, 0.15) is 0 Å². The second-order valence-electron chi connectivity index (χ2n) is 9.68. The Balaban J connectivity index is 1.68. The van der Waals surface area contributed by atoms with E-state index in [4.69, 9.17) is 0 Å². The molecule has 6 heteroatoms. The van der Waals surface area contributed by atoms with Crippen LogP contribution in [0, 0.1) is 17.8 Å². The number of amides is 2. The summed E-state index contributed by atoms with van der Waals surface area (Å²) in [5, 5.41) is 3.23. The second kappa shape index (κ2) is 11.9. The smallest absolute Gasteiger partial charge is 0.236 e. The van der Waals surface area contributed by atoms with E-state index in [1.54, 1.807) is 0 Å². The largest absolute Gasteiger partial charge is 0.342 e. The van der Waals surface area contributed by atoms with Crippen molar-refractivity contribution < 1.29 is 9.59 Å². The lowest BCUT2D eigenvalue weighted by Crippen LogP contribution is -2.47. The summed E-state index contributed by atoms with van der Waals surface area (Å²) in [5.41, 5.74) is 0. The molecule has 2 fully saturated rings. The number of piperidine rings is 2. The van der Waals surface area contributed by atoms with Crippen molar-refractivity contribution in [1.82, 2.24) is 20.0 Å². The number of hydrogen-bond donors (Lipinski definition) is 1. The van der Waals surface area contributed by atoms with Crippen LogP contribution in [0.25, 0.3) is 0 Å². The Morgan fingerprint density at radius 2 is 1.41 bits per heavy atom. The quantitative estimate of drug-likeness (QED) is 0.637. The highest BCUT2D eigenvalue weighted by Gasteiger charge is 2.32. The maximum Gasteiger partial charge on any atom is 0.236 e. The van der Waals surface area contributed by atoms with Crippen LogP contribution in [0.3, 0.4) is 0 Å². The maximum atomic E-state index is 12.6. The standard InChI is InChI=1S/C23H44N4O2/c1-6-19(4)16-25(5)17-23(29)27-13-9-21(10-14-27)20-7-11-26(12-8-20)22(28)15-24-18(2)3/h18-21,24H,6-17H2,1-5H3. The second-order valence-corrected chi connectivity index (χ2v) is 9.68. The van der Waals surface area contributed by atoms with E-state index in [2.05, 4.69) is 49.9 Å². The van der Waals surface area contributed by atoms with Crippen LogP contribution in [0.5, 0.6) is 0 Å². The van der Waals surface area contributed by atoms with Gasteiger partial charge in [-0.25, -0.2) is 0 Å². The number of likely N-dealkylation sites (N-methyl/N-ethyl adjacent to an activating group) is 1. The van der Waals surface area contributed by atoms with Gasteiger partial charge >= 0.3 is 0 Å². The first kappa shape index (κ1) is 24.1. The van der Waals surface area contributed by atoms with Gasteiger partial charge in [-0.2, -0.15) is 0 Å². The number of nitrogens with zero attached hydrogens (tertiary/aromatic N) is 3. The predicted molar refractivity (Wildman–Crippen MR) is 119 cm³/mol. The molecule has 0 aromatic carbocycles. The van der Waals surface area contributed by atoms with Crippen LogP contribution in [-0.4, -0.2) is 85.4 Å². The van der Waals surface area contributed by atoms with Crippen molar-refractivity contribution in [2.24, 2.45) is 17.8 Å². The minimum atomic E-state index is 0.235. The third-order valence-electron chi connectivity index (χ3n) is 6.84. The molecule has 2 aliphatic heterocycles. The van der Waals surface area contributed by atoms with Gasteiger partial charge in [-0.3, -0.25) is 14.5 Å². The Morgan fingerprint density at radius 1 is 0.931 bits per heavy atom. The molecule has 0 aliphatic carbocycles. The van der Waals surface area contributed by atoms with Crippen LogP contribution < -0.4 is 5.32 Å². The fourth-order valence-electron chi connectivity index (χ4n) is 4.70. The number of carbonyl (C=O) groups excluding carboxylic acids is 2. The predicted octanol–water partition coefficient (Wildman–Crippen LogP) is 2.44. The molecule has 29 heavy (non-hydrogen) atoms. The van der Waals surface area contributed by atoms with Crippen LogP contribution in [0.2, 0.25) is 0 Å². The summed E-state index contributed by atoms with van der Waals surface area (Å²) in [4.78, 5) is 31.2. The molecular formula is C23H44N4O2. The van der Waals surface area contributed by atoms with Gasteiger partial charge in [-0.15, -0.1) is 0 Å². The van der Waals surface area contributed by atoms with Gasteiger partial charge in [-0.05, 0) is 50.5 Å². The van der Waals surface area contributed by atoms with Crippen molar-refractivity contribution >= 4 is 11.8 Å². The lowest BCUT2D eigenvalue weighted by atomic mass is 9.78. The summed E-state index contributed by atoms with van der Waals surface area (Å²) in [6, 6.07) is 0.346. The minimum Gasteiger partial charge on any atom is -0.342 e. The molecule has 0 spiro atoms. The van der Waals surface area contributed by atoms with Crippen LogP contribution in [0.1, 0.15) is 59.8 Å². The molecule has 0 bridgehead atoms. The molecule has 2 saturated heterocycles. The Bertz CT molecular complexity index is 509. The number of hydrogen-bond acceptors (Lipinski definition) is 4. The molecule has 1 N–H and O–H groups in total. The van der Waals surface area contributed by atoms with Crippen molar-refractivity contribution in [2.45, 2.75) is 65.8 Å². The average Bonchev–Trinajstić information content (AvgIpc) is 2.72. The Morgan fingerprint density at radius 3 is 1.86 bits per heavy atom. The Labute approximate surface area is 178 Å². The topological polar surface area (TPSA) is 55.9 Å². The summed E-state index contributed by atoms with van der Waals surface area (Å²) in [7, 11) is 2.06. The zero-order valence-corrected chi connectivity index (χ0v) is 19.5. The maximum absolute atomic E-state index is 12.6. The first-order chi connectivity index (χ1) is 13.8. The molecule has 2 aliphatic rings. The van der Waals surface area contributed by atoms with Crippen molar-refractivity contribution in [3.05, 3.63) is 0 Å². The van der Waals surface area contributed by atoms with Gasteiger partial charge in [0.05, 0.1) is 13.1 Å². The van der Waals surface area contributed by atoms with Crippen LogP contribution in [0.4, 0.5) is 0 Å². The molecule has 2 amide bonds. The zero-order chi connectivity index (χ0) is 21.4. The van der Waals surface area contributed by atoms with Crippen LogP contribution in [-0.2, 0) is 9.59 Å². The van der Waals surface area contributed by atoms with Crippen molar-refractivity contribution in [1.29, 1.82) is 0 Å². The first-order valence-electron chi connectivity index (χ1n) is 11.8. The fraction of sp³-hybridized carbons (Fsp3) is 0.913. The van der Waals surface area contributed by atoms with Gasteiger partial charge in [0.25, 0.3) is 0 Å². The summed E-state index contributed by atoms with van der Waals surface area (Å²) in [5.74, 6) is 2.58. The Hall–Kier alpha value is -1.14. The van der Waals surface area contributed by atoms with E-state index >= 15 is 0 Å². The molecule has 6 nitrogen and oxygen atoms in total. The Kier molecular flexibility index (Phi) is 9.90. The lowest BCUT2D eigenvalue weighted by molar-refractivity contribution is -0.135. The molecule has 2 rings (SSSR count). The molecule has 1 atom stereocenters. The summed E-state index contributed by atoms with van der Waals surface area (Å²) >= 11 is 0. The lowest BCUT2D eigenvalue weighted by Gasteiger charge is -2.40. The van der Waals surface area contributed by atoms with Crippen molar-refractivity contribution in [3.63, 3.8) is 0 Å². The zero-order valence-electron chi connectivity index (χ0n) is 19.5. The van der Waals surface area contributed by atoms with Crippen LogP contribution >= 0.6 is 0 Å². The number of rotatable bonds is 9. The van der Waals surface area contributed by atoms with Gasteiger partial charge < -0.3 is 15.1 Å². The highest BCUT2D eigenvalue weighted by molar-refractivity contribution is 5.78. The van der Waals surface area contributed by atoms with Crippen molar-refractivity contribution in [3.8, 4) is 0 Å². The molecule has 168 valence electrons. The molecule has 0 saturated carbocycles. The van der Waals surface area contributed by atoms with E-state index in [1.165, 1.54) is 0 Å². The van der Waals surface area contributed by atoms with Gasteiger partial charge in [-0.1, -0.05) is 34.1 Å². The van der Waals surface area contributed by atoms with Gasteiger partial charge in [0.2, 0.25) is 11.8 Å². The first-order valence-corrected chi connectivity index (χ1v) is 11.8. The minimum absolute atomic E-state index is 0.235. The molecular weight excluding hydrogens is 364 g/mol. The van der Waals surface area contributed by atoms with E-state index in [0.717, 1.165) is 64.8 Å². The van der Waals surface area contributed by atoms with Gasteiger partial charge in [0, 0.05) is 38.8 Å². The summed E-state index contributed by atoms with van der Waals surface area (Å²) in [6.07, 6.45) is 5.62. The monoisotopic (exact) mass is 408 g/mol. The van der Waals surface area contributed by atoms with E-state index in [0.29, 0.717) is 36.9 Å². The third-order valence-corrected chi connectivity index (χ3v) is 6.84. The number of carbonyl (C=O) groups is 2. The van der Waals surface area contributed by atoms with Gasteiger partial charge in [0.15, 0.2) is 0 Å². The van der Waals surface area contributed by atoms with E-state index < -0.39 is 0 Å². The molecule has 2 heterocycles. The molecule has 1 unspecified atom stereocenters.